The Kier molecular flexibility index (Phi) is 9.43. The fraction of sp³-hybridized carbons (Fsp3) is 0.840. The number of ether oxygens (including phenoxy) is 4. The predicted molar refractivity (Wildman–Crippen MR) is 120 cm³/mol. The maximum atomic E-state index is 13.7. The summed E-state index contributed by atoms with van der Waals surface area (Å²) in [6.45, 7) is 14.5. The van der Waals surface area contributed by atoms with E-state index in [1.165, 1.54) is 0 Å². The van der Waals surface area contributed by atoms with Crippen LogP contribution in [0.15, 0.2) is 11.6 Å². The minimum Gasteiger partial charge on any atom is -0.353 e. The van der Waals surface area contributed by atoms with E-state index in [0.29, 0.717) is 32.5 Å². The van der Waals surface area contributed by atoms with Crippen molar-refractivity contribution in [1.29, 1.82) is 0 Å². The van der Waals surface area contributed by atoms with E-state index in [1.807, 2.05) is 47.6 Å². The fourth-order valence-corrected chi connectivity index (χ4v) is 4.46. The van der Waals surface area contributed by atoms with Gasteiger partial charge in [0.15, 0.2) is 12.1 Å². The maximum absolute atomic E-state index is 13.7. The van der Waals surface area contributed by atoms with Gasteiger partial charge in [0.2, 0.25) is 0 Å². The predicted octanol–water partition coefficient (Wildman–Crippen LogP) is 4.99. The molecule has 2 aliphatic heterocycles. The van der Waals surface area contributed by atoms with Gasteiger partial charge in [-0.15, -0.1) is 0 Å². The molecule has 2 saturated heterocycles. The molecule has 2 aliphatic rings. The van der Waals surface area contributed by atoms with Crippen molar-refractivity contribution in [2.24, 2.45) is 11.3 Å². The lowest BCUT2D eigenvalue weighted by Crippen LogP contribution is -2.51. The molecule has 0 aliphatic carbocycles. The number of rotatable bonds is 10. The van der Waals surface area contributed by atoms with Crippen molar-refractivity contribution in [3.8, 4) is 0 Å². The van der Waals surface area contributed by atoms with Crippen LogP contribution in [-0.2, 0) is 28.5 Å². The summed E-state index contributed by atoms with van der Waals surface area (Å²) in [7, 11) is 0. The molecule has 0 spiro atoms. The first-order valence-electron chi connectivity index (χ1n) is 11.7. The molecule has 0 aromatic carbocycles. The Morgan fingerprint density at radius 2 is 1.87 bits per heavy atom. The summed E-state index contributed by atoms with van der Waals surface area (Å²) < 4.78 is 24.0. The normalized spacial score (nSPS) is 26.9. The van der Waals surface area contributed by atoms with Crippen molar-refractivity contribution >= 4 is 11.6 Å². The molecule has 0 bridgehead atoms. The molecule has 0 aromatic heterocycles. The van der Waals surface area contributed by atoms with Gasteiger partial charge >= 0.3 is 0 Å². The van der Waals surface area contributed by atoms with Gasteiger partial charge in [-0.05, 0) is 65.4 Å². The van der Waals surface area contributed by atoms with Crippen LogP contribution in [0.1, 0.15) is 87.0 Å². The smallest absolute Gasteiger partial charge is 0.163 e. The van der Waals surface area contributed by atoms with E-state index in [-0.39, 0.29) is 29.9 Å². The lowest BCUT2D eigenvalue weighted by molar-refractivity contribution is -0.289. The number of hydrogen-bond donors (Lipinski definition) is 0. The number of hydrogen-bond acceptors (Lipinski definition) is 6. The zero-order valence-electron chi connectivity index (χ0n) is 20.5. The second kappa shape index (κ2) is 11.2. The number of ketones is 2. The van der Waals surface area contributed by atoms with E-state index in [4.69, 9.17) is 18.9 Å². The van der Waals surface area contributed by atoms with Crippen molar-refractivity contribution in [1.82, 2.24) is 0 Å². The SMILES string of the molecule is CC(=O)CC/C=C(\C)C(OC1CCCCO1)[C@@H](C)C(=O)C(C)(C)[C@@H]1CCOC(C)(C)O1. The zero-order valence-corrected chi connectivity index (χ0v) is 20.5. The molecule has 6 nitrogen and oxygen atoms in total. The van der Waals surface area contributed by atoms with Gasteiger partial charge in [0.1, 0.15) is 11.6 Å². The van der Waals surface area contributed by atoms with Crippen LogP contribution in [0.4, 0.5) is 0 Å². The molecule has 178 valence electrons. The van der Waals surface area contributed by atoms with Crippen molar-refractivity contribution < 1.29 is 28.5 Å². The first-order valence-corrected chi connectivity index (χ1v) is 11.7. The topological polar surface area (TPSA) is 71.1 Å². The highest BCUT2D eigenvalue weighted by Gasteiger charge is 2.46. The molecular formula is C25H42O6. The lowest BCUT2D eigenvalue weighted by Gasteiger charge is -2.44. The van der Waals surface area contributed by atoms with Crippen LogP contribution in [0.2, 0.25) is 0 Å². The molecule has 31 heavy (non-hydrogen) atoms. The van der Waals surface area contributed by atoms with Crippen LogP contribution in [0.25, 0.3) is 0 Å². The molecule has 2 fully saturated rings. The molecule has 0 amide bonds. The van der Waals surface area contributed by atoms with E-state index >= 15 is 0 Å². The van der Waals surface area contributed by atoms with Gasteiger partial charge in [-0.3, -0.25) is 4.79 Å². The van der Waals surface area contributed by atoms with Gasteiger partial charge in [-0.1, -0.05) is 26.8 Å². The number of carbonyl (C=O) groups excluding carboxylic acids is 2. The molecule has 4 atom stereocenters. The van der Waals surface area contributed by atoms with Crippen LogP contribution in [0, 0.1) is 11.3 Å². The second-order valence-corrected chi connectivity index (χ2v) is 10.1. The van der Waals surface area contributed by atoms with E-state index in [1.54, 1.807) is 6.92 Å². The van der Waals surface area contributed by atoms with Crippen molar-refractivity contribution in [2.45, 2.75) is 111 Å². The highest BCUT2D eigenvalue weighted by molar-refractivity contribution is 5.87. The Bertz CT molecular complexity index is 644. The molecule has 0 saturated carbocycles. The molecule has 2 unspecified atom stereocenters. The standard InChI is InChI=1S/C25H42O6/c1-17(11-10-12-18(2)26)22(30-21-13-8-9-15-28-21)19(3)23(27)24(4,5)20-14-16-29-25(6,7)31-20/h11,19-22H,8-10,12-16H2,1-7H3/b17-11+/t19-,20+,21?,22?/m1/s1. The number of carbonyl (C=O) groups is 2. The summed E-state index contributed by atoms with van der Waals surface area (Å²) in [5.41, 5.74) is 0.287. The molecule has 0 N–H and O–H groups in total. The van der Waals surface area contributed by atoms with Gasteiger partial charge in [0.05, 0.1) is 24.2 Å². The molecule has 0 aromatic rings. The molecule has 2 rings (SSSR count). The highest BCUT2D eigenvalue weighted by Crippen LogP contribution is 2.38. The van der Waals surface area contributed by atoms with Crippen LogP contribution >= 0.6 is 0 Å². The Labute approximate surface area is 188 Å². The van der Waals surface area contributed by atoms with Crippen molar-refractivity contribution in [2.75, 3.05) is 13.2 Å². The van der Waals surface area contributed by atoms with Crippen molar-refractivity contribution in [3.63, 3.8) is 0 Å². The average molecular weight is 439 g/mol. The fourth-order valence-electron chi connectivity index (χ4n) is 4.46. The van der Waals surface area contributed by atoms with Crippen LogP contribution in [0.5, 0.6) is 0 Å². The van der Waals surface area contributed by atoms with Crippen LogP contribution in [0.3, 0.4) is 0 Å². The summed E-state index contributed by atoms with van der Waals surface area (Å²) >= 11 is 0. The third-order valence-electron chi connectivity index (χ3n) is 6.41. The molecular weight excluding hydrogens is 396 g/mol. The van der Waals surface area contributed by atoms with Crippen molar-refractivity contribution in [3.05, 3.63) is 11.6 Å². The first kappa shape index (κ1) is 26.2. The molecule has 0 radical (unpaired) electrons. The average Bonchev–Trinajstić information content (AvgIpc) is 2.70. The Balaban J connectivity index is 2.19. The Morgan fingerprint density at radius 3 is 2.45 bits per heavy atom. The summed E-state index contributed by atoms with van der Waals surface area (Å²) in [6.07, 6.45) is 5.86. The van der Waals surface area contributed by atoms with E-state index in [9.17, 15) is 9.59 Å². The number of Topliss-reactive ketones (excluding diaryl/α,β-unsaturated/α-hetero) is 2. The van der Waals surface area contributed by atoms with E-state index < -0.39 is 17.3 Å². The molecule has 6 heteroatoms. The maximum Gasteiger partial charge on any atom is 0.163 e. The van der Waals surface area contributed by atoms with Gasteiger partial charge in [0, 0.05) is 18.9 Å². The van der Waals surface area contributed by atoms with Gasteiger partial charge in [0.25, 0.3) is 0 Å². The summed E-state index contributed by atoms with van der Waals surface area (Å²) in [5, 5.41) is 0. The van der Waals surface area contributed by atoms with Crippen LogP contribution < -0.4 is 0 Å². The lowest BCUT2D eigenvalue weighted by atomic mass is 9.73. The largest absolute Gasteiger partial charge is 0.353 e. The van der Waals surface area contributed by atoms with E-state index in [0.717, 1.165) is 24.8 Å². The van der Waals surface area contributed by atoms with E-state index in [2.05, 4.69) is 0 Å². The third kappa shape index (κ3) is 7.48. The Morgan fingerprint density at radius 1 is 1.16 bits per heavy atom. The third-order valence-corrected chi connectivity index (χ3v) is 6.41. The summed E-state index contributed by atoms with van der Waals surface area (Å²) in [6, 6.07) is 0. The first-order chi connectivity index (χ1) is 14.4. The summed E-state index contributed by atoms with van der Waals surface area (Å²) in [5.74, 6) is -0.807. The Hall–Kier alpha value is -1.08. The van der Waals surface area contributed by atoms with Gasteiger partial charge < -0.3 is 23.7 Å². The monoisotopic (exact) mass is 438 g/mol. The highest BCUT2D eigenvalue weighted by atomic mass is 16.7. The minimum atomic E-state index is -0.696. The quantitative estimate of drug-likeness (QED) is 0.448. The zero-order chi connectivity index (χ0) is 23.2. The second-order valence-electron chi connectivity index (χ2n) is 10.1. The summed E-state index contributed by atoms with van der Waals surface area (Å²) in [4.78, 5) is 25.1. The minimum absolute atomic E-state index is 0.107. The number of allylic oxidation sites excluding steroid dienone is 1. The van der Waals surface area contributed by atoms with Gasteiger partial charge in [-0.25, -0.2) is 0 Å². The van der Waals surface area contributed by atoms with Crippen LogP contribution in [-0.4, -0.2) is 49.1 Å². The molecule has 2 heterocycles. The van der Waals surface area contributed by atoms with Gasteiger partial charge in [-0.2, -0.15) is 0 Å².